The van der Waals surface area contributed by atoms with Crippen molar-refractivity contribution in [2.24, 2.45) is 0 Å². The Labute approximate surface area is 99.5 Å². The van der Waals surface area contributed by atoms with Crippen molar-refractivity contribution in [3.63, 3.8) is 0 Å². The van der Waals surface area contributed by atoms with Gasteiger partial charge in [-0.25, -0.2) is 4.98 Å². The summed E-state index contributed by atoms with van der Waals surface area (Å²) < 4.78 is 2.09. The Kier molecular flexibility index (Phi) is 2.11. The predicted molar refractivity (Wildman–Crippen MR) is 69.8 cm³/mol. The summed E-state index contributed by atoms with van der Waals surface area (Å²) in [5.74, 6) is 0. The third-order valence-electron chi connectivity index (χ3n) is 2.90. The lowest BCUT2D eigenvalue weighted by Crippen LogP contribution is -1.86. The minimum atomic E-state index is 0.772. The number of aryl methyl sites for hydroxylation is 1. The van der Waals surface area contributed by atoms with Crippen LogP contribution in [0.2, 0.25) is 0 Å². The van der Waals surface area contributed by atoms with Gasteiger partial charge < -0.3 is 10.1 Å². The smallest absolute Gasteiger partial charge is 0.137 e. The van der Waals surface area contributed by atoms with Gasteiger partial charge in [-0.3, -0.25) is 0 Å². The van der Waals surface area contributed by atoms with Gasteiger partial charge in [0.25, 0.3) is 0 Å². The van der Waals surface area contributed by atoms with Gasteiger partial charge >= 0.3 is 0 Å². The maximum Gasteiger partial charge on any atom is 0.137 e. The van der Waals surface area contributed by atoms with Crippen LogP contribution >= 0.6 is 0 Å². The Morgan fingerprint density at radius 1 is 1.06 bits per heavy atom. The Morgan fingerprint density at radius 3 is 2.53 bits per heavy atom. The molecule has 0 radical (unpaired) electrons. The number of fused-ring (bicyclic) bond motifs is 1. The molecule has 0 aliphatic heterocycles. The molecule has 0 spiro atoms. The molecule has 1 aromatic carbocycles. The van der Waals surface area contributed by atoms with E-state index in [2.05, 4.69) is 28.6 Å². The molecule has 2 aromatic heterocycles. The first-order valence-corrected chi connectivity index (χ1v) is 5.55. The van der Waals surface area contributed by atoms with E-state index in [4.69, 9.17) is 5.73 Å². The van der Waals surface area contributed by atoms with Crippen LogP contribution in [-0.2, 0) is 0 Å². The number of pyridine rings is 1. The van der Waals surface area contributed by atoms with Crippen LogP contribution in [0.15, 0.2) is 48.7 Å². The molecule has 0 saturated heterocycles. The van der Waals surface area contributed by atoms with Crippen LogP contribution in [-0.4, -0.2) is 9.38 Å². The van der Waals surface area contributed by atoms with E-state index in [1.807, 2.05) is 36.4 Å². The van der Waals surface area contributed by atoms with Crippen molar-refractivity contribution in [2.75, 3.05) is 5.73 Å². The van der Waals surface area contributed by atoms with E-state index in [1.165, 1.54) is 5.69 Å². The molecule has 3 nitrogen and oxygen atoms in total. The molecule has 0 aliphatic carbocycles. The van der Waals surface area contributed by atoms with Crippen molar-refractivity contribution in [3.05, 3.63) is 54.4 Å². The van der Waals surface area contributed by atoms with Crippen molar-refractivity contribution in [3.8, 4) is 11.3 Å². The zero-order valence-corrected chi connectivity index (χ0v) is 9.59. The zero-order chi connectivity index (χ0) is 11.8. The number of anilines is 1. The average Bonchev–Trinajstić information content (AvgIpc) is 2.75. The lowest BCUT2D eigenvalue weighted by molar-refractivity contribution is 1.09. The Balaban J connectivity index is 2.18. The fourth-order valence-corrected chi connectivity index (χ4v) is 1.94. The number of rotatable bonds is 1. The Hall–Kier alpha value is -2.29. The molecule has 0 bridgehead atoms. The van der Waals surface area contributed by atoms with E-state index >= 15 is 0 Å². The highest BCUT2D eigenvalue weighted by Gasteiger charge is 2.04. The summed E-state index contributed by atoms with van der Waals surface area (Å²) >= 11 is 0. The molecule has 0 atom stereocenters. The van der Waals surface area contributed by atoms with Gasteiger partial charge in [0.05, 0.1) is 5.69 Å². The lowest BCUT2D eigenvalue weighted by Gasteiger charge is -1.97. The fourth-order valence-electron chi connectivity index (χ4n) is 1.94. The van der Waals surface area contributed by atoms with Crippen LogP contribution in [0.3, 0.4) is 0 Å². The van der Waals surface area contributed by atoms with Crippen LogP contribution in [0.25, 0.3) is 16.9 Å². The highest BCUT2D eigenvalue weighted by atomic mass is 15.0. The van der Waals surface area contributed by atoms with E-state index in [9.17, 15) is 0 Å². The second-order valence-corrected chi connectivity index (χ2v) is 4.14. The van der Waals surface area contributed by atoms with Gasteiger partial charge in [-0.15, -0.1) is 0 Å². The van der Waals surface area contributed by atoms with E-state index < -0.39 is 0 Å². The van der Waals surface area contributed by atoms with Crippen molar-refractivity contribution in [1.29, 1.82) is 0 Å². The number of nitrogen functional groups attached to an aromatic ring is 1. The van der Waals surface area contributed by atoms with Gasteiger partial charge in [-0.2, -0.15) is 0 Å². The molecular weight excluding hydrogens is 210 g/mol. The summed E-state index contributed by atoms with van der Waals surface area (Å²) in [7, 11) is 0. The van der Waals surface area contributed by atoms with Crippen molar-refractivity contribution in [2.45, 2.75) is 6.92 Å². The number of nitrogens with two attached hydrogens (primary N) is 1. The number of nitrogens with zero attached hydrogens (tertiary/aromatic N) is 2. The van der Waals surface area contributed by atoms with Crippen LogP contribution in [0.4, 0.5) is 5.69 Å². The molecule has 2 heterocycles. The van der Waals surface area contributed by atoms with Crippen molar-refractivity contribution >= 4 is 11.3 Å². The minimum absolute atomic E-state index is 0.772. The van der Waals surface area contributed by atoms with Crippen LogP contribution in [0.1, 0.15) is 5.69 Å². The standard InChI is InChI=1S/C14H13N3/c1-10-3-2-4-14-16-13(9-17(10)14)11-5-7-12(15)8-6-11/h2-9H,15H2,1H3. The highest BCUT2D eigenvalue weighted by molar-refractivity contribution is 5.64. The van der Waals surface area contributed by atoms with Crippen LogP contribution in [0.5, 0.6) is 0 Å². The molecule has 0 fully saturated rings. The molecule has 3 heteroatoms. The maximum atomic E-state index is 5.68. The molecule has 3 aromatic rings. The topological polar surface area (TPSA) is 43.3 Å². The van der Waals surface area contributed by atoms with Gasteiger partial charge in [-0.05, 0) is 31.2 Å². The summed E-state index contributed by atoms with van der Waals surface area (Å²) in [6.07, 6.45) is 2.05. The monoisotopic (exact) mass is 223 g/mol. The summed E-state index contributed by atoms with van der Waals surface area (Å²) in [4.78, 5) is 4.60. The number of hydrogen-bond donors (Lipinski definition) is 1. The maximum absolute atomic E-state index is 5.68. The summed E-state index contributed by atoms with van der Waals surface area (Å²) in [6, 6.07) is 13.9. The van der Waals surface area contributed by atoms with Gasteiger partial charge in [0.1, 0.15) is 5.65 Å². The van der Waals surface area contributed by atoms with Crippen molar-refractivity contribution in [1.82, 2.24) is 9.38 Å². The summed E-state index contributed by atoms with van der Waals surface area (Å²) in [5, 5.41) is 0. The first kappa shape index (κ1) is 9.90. The zero-order valence-electron chi connectivity index (χ0n) is 9.59. The van der Waals surface area contributed by atoms with E-state index in [1.54, 1.807) is 0 Å². The molecule has 2 N–H and O–H groups in total. The fraction of sp³-hybridized carbons (Fsp3) is 0.0714. The van der Waals surface area contributed by atoms with Crippen molar-refractivity contribution < 1.29 is 0 Å². The van der Waals surface area contributed by atoms with Crippen LogP contribution < -0.4 is 5.73 Å². The first-order chi connectivity index (χ1) is 8.24. The molecular formula is C14H13N3. The molecule has 17 heavy (non-hydrogen) atoms. The SMILES string of the molecule is Cc1cccc2nc(-c3ccc(N)cc3)cn12. The van der Waals surface area contributed by atoms with Gasteiger partial charge in [0.2, 0.25) is 0 Å². The van der Waals surface area contributed by atoms with Gasteiger partial charge in [0.15, 0.2) is 0 Å². The first-order valence-electron chi connectivity index (χ1n) is 5.55. The number of benzene rings is 1. The van der Waals surface area contributed by atoms with E-state index in [0.717, 1.165) is 22.6 Å². The largest absolute Gasteiger partial charge is 0.399 e. The van der Waals surface area contributed by atoms with Crippen LogP contribution in [0, 0.1) is 6.92 Å². The molecule has 0 saturated carbocycles. The van der Waals surface area contributed by atoms with Gasteiger partial charge in [0, 0.05) is 23.1 Å². The second kappa shape index (κ2) is 3.63. The van der Waals surface area contributed by atoms with Gasteiger partial charge in [-0.1, -0.05) is 18.2 Å². The summed E-state index contributed by atoms with van der Waals surface area (Å²) in [6.45, 7) is 2.07. The second-order valence-electron chi connectivity index (χ2n) is 4.14. The molecule has 84 valence electrons. The number of imidazole rings is 1. The third kappa shape index (κ3) is 1.65. The quantitative estimate of drug-likeness (QED) is 0.644. The molecule has 0 aliphatic rings. The molecule has 3 rings (SSSR count). The summed E-state index contributed by atoms with van der Waals surface area (Å²) in [5.41, 5.74) is 10.7. The van der Waals surface area contributed by atoms with E-state index in [0.29, 0.717) is 0 Å². The lowest BCUT2D eigenvalue weighted by atomic mass is 10.1. The Morgan fingerprint density at radius 2 is 1.82 bits per heavy atom. The average molecular weight is 223 g/mol. The minimum Gasteiger partial charge on any atom is -0.399 e. The number of aromatic nitrogens is 2. The Bertz CT molecular complexity index is 666. The highest BCUT2D eigenvalue weighted by Crippen LogP contribution is 2.20. The molecule has 0 unspecified atom stereocenters. The normalized spacial score (nSPS) is 10.9. The predicted octanol–water partition coefficient (Wildman–Crippen LogP) is 2.89. The van der Waals surface area contributed by atoms with E-state index in [-0.39, 0.29) is 0 Å². The number of hydrogen-bond acceptors (Lipinski definition) is 2. The third-order valence-corrected chi connectivity index (χ3v) is 2.90. The molecule has 0 amide bonds.